The van der Waals surface area contributed by atoms with Crippen molar-refractivity contribution in [1.82, 2.24) is 20.4 Å². The Morgan fingerprint density at radius 3 is 2.57 bits per heavy atom. The Hall–Kier alpha value is -2.62. The van der Waals surface area contributed by atoms with Crippen molar-refractivity contribution >= 4 is 23.6 Å². The van der Waals surface area contributed by atoms with Gasteiger partial charge in [0, 0.05) is 57.1 Å². The summed E-state index contributed by atoms with van der Waals surface area (Å²) in [5.74, 6) is -1.76. The SMILES string of the molecule is O=C1CCC(N2C(=O)c3cccc(CN4CC(CO)C5(CNC5)C4)c3C2=O)C(=O)N1. The van der Waals surface area contributed by atoms with E-state index < -0.39 is 23.8 Å². The monoisotopic (exact) mass is 412 g/mol. The molecule has 9 nitrogen and oxygen atoms in total. The molecule has 4 amide bonds. The molecule has 4 aliphatic heterocycles. The Balaban J connectivity index is 1.40. The third-order valence-electron chi connectivity index (χ3n) is 7.01. The third-order valence-corrected chi connectivity index (χ3v) is 7.01. The Morgan fingerprint density at radius 2 is 1.93 bits per heavy atom. The van der Waals surface area contributed by atoms with Crippen molar-refractivity contribution in [3.63, 3.8) is 0 Å². The van der Waals surface area contributed by atoms with Gasteiger partial charge in [-0.25, -0.2) is 0 Å². The molecule has 5 rings (SSSR count). The summed E-state index contributed by atoms with van der Waals surface area (Å²) < 4.78 is 0. The van der Waals surface area contributed by atoms with E-state index in [0.717, 1.165) is 36.6 Å². The zero-order valence-corrected chi connectivity index (χ0v) is 16.5. The second kappa shape index (κ2) is 6.97. The lowest BCUT2D eigenvalue weighted by molar-refractivity contribution is -0.136. The maximum absolute atomic E-state index is 13.2. The molecule has 1 spiro atoms. The number of imide groups is 2. The zero-order valence-electron chi connectivity index (χ0n) is 16.5. The Kier molecular flexibility index (Phi) is 4.49. The minimum atomic E-state index is -0.960. The molecular formula is C21H24N4O5. The summed E-state index contributed by atoms with van der Waals surface area (Å²) in [6.07, 6.45) is 0.244. The molecule has 4 aliphatic rings. The number of carbonyl (C=O) groups is 4. The average Bonchev–Trinajstić information content (AvgIpc) is 3.19. The van der Waals surface area contributed by atoms with Crippen LogP contribution >= 0.6 is 0 Å². The standard InChI is InChI=1S/C21H24N4O5/c26-8-13-7-24(11-21(13)9-22-10-21)6-12-2-1-3-14-17(12)20(30)25(19(14)29)15-4-5-16(27)23-18(15)28/h1-3,13,15,22,26H,4-11H2,(H,23,27,28). The van der Waals surface area contributed by atoms with Crippen molar-refractivity contribution in [2.45, 2.75) is 25.4 Å². The fourth-order valence-electron chi connectivity index (χ4n) is 5.32. The van der Waals surface area contributed by atoms with E-state index in [0.29, 0.717) is 17.7 Å². The van der Waals surface area contributed by atoms with E-state index in [1.54, 1.807) is 12.1 Å². The van der Waals surface area contributed by atoms with Crippen LogP contribution in [-0.4, -0.2) is 77.4 Å². The third kappa shape index (κ3) is 2.80. The van der Waals surface area contributed by atoms with Crippen LogP contribution in [0.1, 0.15) is 39.1 Å². The quantitative estimate of drug-likeness (QED) is 0.549. The number of hydrogen-bond donors (Lipinski definition) is 3. The van der Waals surface area contributed by atoms with Gasteiger partial charge in [0.2, 0.25) is 11.8 Å². The molecule has 1 aromatic carbocycles. The van der Waals surface area contributed by atoms with Crippen LogP contribution in [-0.2, 0) is 16.1 Å². The predicted molar refractivity (Wildman–Crippen MR) is 104 cm³/mol. The molecule has 3 fully saturated rings. The van der Waals surface area contributed by atoms with Crippen LogP contribution in [0, 0.1) is 11.3 Å². The highest BCUT2D eigenvalue weighted by Gasteiger charge is 2.50. The number of piperidine rings is 1. The first-order chi connectivity index (χ1) is 14.4. The number of aliphatic hydroxyl groups excluding tert-OH is 1. The highest BCUT2D eigenvalue weighted by Crippen LogP contribution is 2.40. The van der Waals surface area contributed by atoms with E-state index in [4.69, 9.17) is 0 Å². The minimum absolute atomic E-state index is 0.0747. The highest BCUT2D eigenvalue weighted by molar-refractivity contribution is 6.24. The summed E-state index contributed by atoms with van der Waals surface area (Å²) in [7, 11) is 0. The van der Waals surface area contributed by atoms with Gasteiger partial charge in [-0.2, -0.15) is 0 Å². The summed E-state index contributed by atoms with van der Waals surface area (Å²) in [6, 6.07) is 4.25. The van der Waals surface area contributed by atoms with E-state index in [1.165, 1.54) is 0 Å². The number of aliphatic hydroxyl groups is 1. The van der Waals surface area contributed by atoms with Gasteiger partial charge in [0.05, 0.1) is 11.1 Å². The average molecular weight is 412 g/mol. The molecule has 0 aliphatic carbocycles. The van der Waals surface area contributed by atoms with Gasteiger partial charge in [0.1, 0.15) is 6.04 Å². The van der Waals surface area contributed by atoms with Crippen LogP contribution in [0.25, 0.3) is 0 Å². The molecule has 2 unspecified atom stereocenters. The van der Waals surface area contributed by atoms with Gasteiger partial charge in [0.25, 0.3) is 11.8 Å². The number of nitrogens with one attached hydrogen (secondary N) is 2. The molecule has 0 bridgehead atoms. The second-order valence-electron chi connectivity index (χ2n) is 8.80. The fourth-order valence-corrected chi connectivity index (χ4v) is 5.32. The number of carbonyl (C=O) groups excluding carboxylic acids is 4. The molecule has 4 heterocycles. The van der Waals surface area contributed by atoms with E-state index in [-0.39, 0.29) is 36.7 Å². The number of amides is 4. The lowest BCUT2D eigenvalue weighted by Gasteiger charge is -2.43. The number of rotatable bonds is 4. The van der Waals surface area contributed by atoms with Gasteiger partial charge in [-0.3, -0.25) is 34.3 Å². The van der Waals surface area contributed by atoms with Gasteiger partial charge < -0.3 is 10.4 Å². The summed E-state index contributed by atoms with van der Waals surface area (Å²) in [4.78, 5) is 53.1. The number of likely N-dealkylation sites (tertiary alicyclic amines) is 1. The van der Waals surface area contributed by atoms with Crippen molar-refractivity contribution < 1.29 is 24.3 Å². The van der Waals surface area contributed by atoms with E-state index in [9.17, 15) is 24.3 Å². The normalized spacial score (nSPS) is 28.1. The molecule has 0 aromatic heterocycles. The summed E-state index contributed by atoms with van der Waals surface area (Å²) in [5, 5.41) is 15.3. The summed E-state index contributed by atoms with van der Waals surface area (Å²) in [6.45, 7) is 3.95. The van der Waals surface area contributed by atoms with Crippen LogP contribution in [0.2, 0.25) is 0 Å². The Bertz CT molecular complexity index is 957. The molecule has 3 saturated heterocycles. The van der Waals surface area contributed by atoms with Crippen molar-refractivity contribution in [3.05, 3.63) is 34.9 Å². The first-order valence-electron chi connectivity index (χ1n) is 10.3. The smallest absolute Gasteiger partial charge is 0.262 e. The van der Waals surface area contributed by atoms with Gasteiger partial charge in [0.15, 0.2) is 0 Å². The van der Waals surface area contributed by atoms with Crippen LogP contribution in [0.3, 0.4) is 0 Å². The minimum Gasteiger partial charge on any atom is -0.396 e. The maximum atomic E-state index is 13.2. The highest BCUT2D eigenvalue weighted by atomic mass is 16.3. The van der Waals surface area contributed by atoms with Gasteiger partial charge in [-0.1, -0.05) is 12.1 Å². The number of fused-ring (bicyclic) bond motifs is 1. The van der Waals surface area contributed by atoms with E-state index in [1.807, 2.05) is 6.07 Å². The summed E-state index contributed by atoms with van der Waals surface area (Å²) >= 11 is 0. The van der Waals surface area contributed by atoms with Crippen LogP contribution < -0.4 is 10.6 Å². The van der Waals surface area contributed by atoms with Gasteiger partial charge in [-0.15, -0.1) is 0 Å². The molecule has 158 valence electrons. The molecule has 0 saturated carbocycles. The van der Waals surface area contributed by atoms with Crippen LogP contribution in [0.5, 0.6) is 0 Å². The lowest BCUT2D eigenvalue weighted by Crippen LogP contribution is -2.58. The first kappa shape index (κ1) is 19.3. The Labute approximate surface area is 173 Å². The van der Waals surface area contributed by atoms with Gasteiger partial charge in [-0.05, 0) is 18.1 Å². The van der Waals surface area contributed by atoms with E-state index in [2.05, 4.69) is 15.5 Å². The largest absolute Gasteiger partial charge is 0.396 e. The van der Waals surface area contributed by atoms with Crippen molar-refractivity contribution in [2.24, 2.45) is 11.3 Å². The predicted octanol–water partition coefficient (Wildman–Crippen LogP) is -0.898. The molecule has 30 heavy (non-hydrogen) atoms. The lowest BCUT2D eigenvalue weighted by atomic mass is 9.73. The van der Waals surface area contributed by atoms with Crippen molar-refractivity contribution in [3.8, 4) is 0 Å². The Morgan fingerprint density at radius 1 is 1.13 bits per heavy atom. The number of benzene rings is 1. The van der Waals surface area contributed by atoms with Crippen molar-refractivity contribution in [2.75, 3.05) is 32.8 Å². The summed E-state index contributed by atoms with van der Waals surface area (Å²) in [5.41, 5.74) is 1.48. The van der Waals surface area contributed by atoms with E-state index >= 15 is 0 Å². The fraction of sp³-hybridized carbons (Fsp3) is 0.524. The number of nitrogens with zero attached hydrogens (tertiary/aromatic N) is 2. The zero-order chi connectivity index (χ0) is 21.0. The topological polar surface area (TPSA) is 119 Å². The maximum Gasteiger partial charge on any atom is 0.262 e. The first-order valence-corrected chi connectivity index (χ1v) is 10.3. The molecule has 2 atom stereocenters. The van der Waals surface area contributed by atoms with Crippen LogP contribution in [0.15, 0.2) is 18.2 Å². The molecule has 9 heteroatoms. The van der Waals surface area contributed by atoms with Crippen LogP contribution in [0.4, 0.5) is 0 Å². The number of hydrogen-bond acceptors (Lipinski definition) is 7. The van der Waals surface area contributed by atoms with Crippen molar-refractivity contribution in [1.29, 1.82) is 0 Å². The molecule has 1 aromatic rings. The molecule has 3 N–H and O–H groups in total. The van der Waals surface area contributed by atoms with Gasteiger partial charge >= 0.3 is 0 Å². The molecular weight excluding hydrogens is 388 g/mol. The second-order valence-corrected chi connectivity index (χ2v) is 8.80. The molecule has 0 radical (unpaired) electrons.